The van der Waals surface area contributed by atoms with E-state index in [0.29, 0.717) is 19.3 Å². The van der Waals surface area contributed by atoms with Crippen molar-refractivity contribution in [2.75, 3.05) is 0 Å². The summed E-state index contributed by atoms with van der Waals surface area (Å²) in [6.45, 7) is 1.78. The molecule has 2 atom stereocenters. The SMILES string of the molecule is Cc1csc(=O)n1CC(=O)N[C@H]1CC[C@@H](C(=O)O)C1. The number of carboxylic acid groups (broad SMARTS) is 1. The van der Waals surface area contributed by atoms with Crippen LogP contribution in [0.3, 0.4) is 0 Å². The Morgan fingerprint density at radius 3 is 2.79 bits per heavy atom. The van der Waals surface area contributed by atoms with Gasteiger partial charge < -0.3 is 10.4 Å². The molecular formula is C12H16N2O4S. The van der Waals surface area contributed by atoms with Gasteiger partial charge in [-0.05, 0) is 26.2 Å². The van der Waals surface area contributed by atoms with Crippen LogP contribution in [0.25, 0.3) is 0 Å². The predicted octanol–water partition coefficient (Wildman–Crippen LogP) is 0.588. The summed E-state index contributed by atoms with van der Waals surface area (Å²) in [6, 6.07) is -0.0942. The van der Waals surface area contributed by atoms with E-state index in [4.69, 9.17) is 5.11 Å². The third kappa shape index (κ3) is 3.23. The quantitative estimate of drug-likeness (QED) is 0.847. The number of carboxylic acids is 1. The molecule has 0 aliphatic heterocycles. The summed E-state index contributed by atoms with van der Waals surface area (Å²) in [7, 11) is 0. The van der Waals surface area contributed by atoms with Gasteiger partial charge in [0, 0.05) is 17.1 Å². The molecule has 1 heterocycles. The molecule has 1 aliphatic carbocycles. The number of rotatable bonds is 4. The maximum atomic E-state index is 11.8. The molecule has 19 heavy (non-hydrogen) atoms. The Hall–Kier alpha value is -1.63. The van der Waals surface area contributed by atoms with Gasteiger partial charge in [-0.25, -0.2) is 0 Å². The van der Waals surface area contributed by atoms with Crippen molar-refractivity contribution in [1.82, 2.24) is 9.88 Å². The number of nitrogens with one attached hydrogen (secondary N) is 1. The van der Waals surface area contributed by atoms with Crippen molar-refractivity contribution in [3.8, 4) is 0 Å². The summed E-state index contributed by atoms with van der Waals surface area (Å²) in [6.07, 6.45) is 1.75. The fourth-order valence-electron chi connectivity index (χ4n) is 2.35. The summed E-state index contributed by atoms with van der Waals surface area (Å²) in [5.41, 5.74) is 0.764. The van der Waals surface area contributed by atoms with E-state index >= 15 is 0 Å². The Labute approximate surface area is 114 Å². The number of aromatic nitrogens is 1. The number of amides is 1. The summed E-state index contributed by atoms with van der Waals surface area (Å²) in [4.78, 5) is 34.0. The lowest BCUT2D eigenvalue weighted by Crippen LogP contribution is -2.37. The highest BCUT2D eigenvalue weighted by molar-refractivity contribution is 7.07. The zero-order valence-corrected chi connectivity index (χ0v) is 11.4. The van der Waals surface area contributed by atoms with Gasteiger partial charge in [-0.3, -0.25) is 19.0 Å². The summed E-state index contributed by atoms with van der Waals surface area (Å²) < 4.78 is 1.42. The second kappa shape index (κ2) is 5.56. The third-order valence-corrected chi connectivity index (χ3v) is 4.31. The molecule has 0 aromatic carbocycles. The highest BCUT2D eigenvalue weighted by Crippen LogP contribution is 2.25. The smallest absolute Gasteiger partial charge is 0.307 e. The van der Waals surface area contributed by atoms with Crippen LogP contribution < -0.4 is 10.2 Å². The van der Waals surface area contributed by atoms with E-state index in [1.54, 1.807) is 12.3 Å². The number of thiazole rings is 1. The van der Waals surface area contributed by atoms with Crippen molar-refractivity contribution in [3.05, 3.63) is 20.7 Å². The zero-order chi connectivity index (χ0) is 14.0. The minimum Gasteiger partial charge on any atom is -0.481 e. The van der Waals surface area contributed by atoms with Gasteiger partial charge in [-0.2, -0.15) is 0 Å². The Morgan fingerprint density at radius 2 is 2.26 bits per heavy atom. The zero-order valence-electron chi connectivity index (χ0n) is 10.6. The molecule has 1 aromatic heterocycles. The molecule has 1 amide bonds. The van der Waals surface area contributed by atoms with Gasteiger partial charge in [-0.15, -0.1) is 0 Å². The molecule has 2 rings (SSSR count). The van der Waals surface area contributed by atoms with E-state index < -0.39 is 5.97 Å². The van der Waals surface area contributed by atoms with Crippen LogP contribution in [0.4, 0.5) is 0 Å². The summed E-state index contributed by atoms with van der Waals surface area (Å²) in [5, 5.41) is 13.4. The lowest BCUT2D eigenvalue weighted by Gasteiger charge is -2.13. The first-order valence-electron chi connectivity index (χ1n) is 6.14. The van der Waals surface area contributed by atoms with Crippen LogP contribution in [0.15, 0.2) is 10.2 Å². The maximum absolute atomic E-state index is 11.8. The predicted molar refractivity (Wildman–Crippen MR) is 70.2 cm³/mol. The largest absolute Gasteiger partial charge is 0.481 e. The molecule has 0 unspecified atom stereocenters. The lowest BCUT2D eigenvalue weighted by atomic mass is 10.1. The van der Waals surface area contributed by atoms with E-state index in [1.165, 1.54) is 4.57 Å². The van der Waals surface area contributed by atoms with Crippen molar-refractivity contribution < 1.29 is 14.7 Å². The number of aliphatic carboxylic acids is 1. The number of aryl methyl sites for hydroxylation is 1. The number of hydrogen-bond acceptors (Lipinski definition) is 4. The van der Waals surface area contributed by atoms with Crippen molar-refractivity contribution >= 4 is 23.2 Å². The molecule has 7 heteroatoms. The van der Waals surface area contributed by atoms with Crippen molar-refractivity contribution in [3.63, 3.8) is 0 Å². The van der Waals surface area contributed by atoms with Crippen LogP contribution in [0, 0.1) is 12.8 Å². The Kier molecular flexibility index (Phi) is 4.04. The van der Waals surface area contributed by atoms with E-state index in [-0.39, 0.29) is 29.3 Å². The highest BCUT2D eigenvalue weighted by atomic mass is 32.1. The Bertz CT molecular complexity index is 548. The van der Waals surface area contributed by atoms with Crippen LogP contribution in [0.5, 0.6) is 0 Å². The molecule has 6 nitrogen and oxygen atoms in total. The molecular weight excluding hydrogens is 268 g/mol. The van der Waals surface area contributed by atoms with Crippen LogP contribution in [-0.4, -0.2) is 27.6 Å². The van der Waals surface area contributed by atoms with Gasteiger partial charge in [0.2, 0.25) is 5.91 Å². The maximum Gasteiger partial charge on any atom is 0.307 e. The molecule has 1 fully saturated rings. The first-order valence-corrected chi connectivity index (χ1v) is 7.02. The van der Waals surface area contributed by atoms with Crippen molar-refractivity contribution in [2.24, 2.45) is 5.92 Å². The Morgan fingerprint density at radius 1 is 1.53 bits per heavy atom. The molecule has 1 saturated carbocycles. The van der Waals surface area contributed by atoms with E-state index in [0.717, 1.165) is 17.0 Å². The molecule has 104 valence electrons. The Balaban J connectivity index is 1.89. The van der Waals surface area contributed by atoms with Gasteiger partial charge >= 0.3 is 10.8 Å². The van der Waals surface area contributed by atoms with E-state index in [1.807, 2.05) is 0 Å². The lowest BCUT2D eigenvalue weighted by molar-refractivity contribution is -0.141. The number of nitrogens with zero attached hydrogens (tertiary/aromatic N) is 1. The van der Waals surface area contributed by atoms with E-state index in [9.17, 15) is 14.4 Å². The second-order valence-electron chi connectivity index (χ2n) is 4.84. The molecule has 1 aromatic rings. The highest BCUT2D eigenvalue weighted by Gasteiger charge is 2.30. The first-order chi connectivity index (χ1) is 8.97. The molecule has 1 aliphatic rings. The van der Waals surface area contributed by atoms with Crippen LogP contribution in [0.1, 0.15) is 25.0 Å². The molecule has 0 spiro atoms. The molecule has 0 saturated heterocycles. The van der Waals surface area contributed by atoms with Crippen LogP contribution in [0.2, 0.25) is 0 Å². The minimum atomic E-state index is -0.804. The number of hydrogen-bond donors (Lipinski definition) is 2. The van der Waals surface area contributed by atoms with Gasteiger partial charge in [0.05, 0.1) is 5.92 Å². The minimum absolute atomic E-state index is 0.00239. The third-order valence-electron chi connectivity index (χ3n) is 3.43. The fourth-order valence-corrected chi connectivity index (χ4v) is 3.08. The van der Waals surface area contributed by atoms with Crippen molar-refractivity contribution in [2.45, 2.75) is 38.8 Å². The molecule has 0 bridgehead atoms. The molecule has 0 radical (unpaired) electrons. The average molecular weight is 284 g/mol. The second-order valence-corrected chi connectivity index (χ2v) is 5.66. The van der Waals surface area contributed by atoms with E-state index in [2.05, 4.69) is 5.32 Å². The topological polar surface area (TPSA) is 88.4 Å². The van der Waals surface area contributed by atoms with Gasteiger partial charge in [0.15, 0.2) is 0 Å². The van der Waals surface area contributed by atoms with Gasteiger partial charge in [-0.1, -0.05) is 11.3 Å². The standard InChI is InChI=1S/C12H16N2O4S/c1-7-6-19-12(18)14(7)5-10(15)13-9-3-2-8(4-9)11(16)17/h6,8-9H,2-5H2,1H3,(H,13,15)(H,16,17)/t8-,9+/m1/s1. The van der Waals surface area contributed by atoms with Gasteiger partial charge in [0.25, 0.3) is 0 Å². The van der Waals surface area contributed by atoms with Crippen LogP contribution in [-0.2, 0) is 16.1 Å². The summed E-state index contributed by atoms with van der Waals surface area (Å²) in [5.74, 6) is -1.41. The molecule has 2 N–H and O–H groups in total. The fraction of sp³-hybridized carbons (Fsp3) is 0.583. The van der Waals surface area contributed by atoms with Crippen molar-refractivity contribution in [1.29, 1.82) is 0 Å². The number of carbonyl (C=O) groups excluding carboxylic acids is 1. The average Bonchev–Trinajstić information content (AvgIpc) is 2.91. The van der Waals surface area contributed by atoms with Crippen LogP contribution >= 0.6 is 11.3 Å². The number of carbonyl (C=O) groups is 2. The van der Waals surface area contributed by atoms with Gasteiger partial charge in [0.1, 0.15) is 6.54 Å². The summed E-state index contributed by atoms with van der Waals surface area (Å²) >= 11 is 1.07. The monoisotopic (exact) mass is 284 g/mol. The normalized spacial score (nSPS) is 22.4. The first kappa shape index (κ1) is 13.8.